The molecule has 0 amide bonds. The van der Waals surface area contributed by atoms with Crippen LogP contribution >= 0.6 is 7.37 Å². The summed E-state index contributed by atoms with van der Waals surface area (Å²) in [4.78, 5) is 24.0. The van der Waals surface area contributed by atoms with Crippen molar-refractivity contribution < 1.29 is 19.0 Å². The van der Waals surface area contributed by atoms with Crippen molar-refractivity contribution in [2.45, 2.75) is 6.42 Å². The maximum atomic E-state index is 11.2. The van der Waals surface area contributed by atoms with Gasteiger partial charge in [-0.1, -0.05) is 18.2 Å². The van der Waals surface area contributed by atoms with E-state index in [2.05, 4.69) is 4.98 Å². The van der Waals surface area contributed by atoms with E-state index in [4.69, 9.17) is 9.63 Å². The third-order valence-corrected chi connectivity index (χ3v) is 3.40. The van der Waals surface area contributed by atoms with Gasteiger partial charge in [-0.2, -0.15) is 0 Å². The molecule has 2 aromatic rings. The van der Waals surface area contributed by atoms with Crippen molar-refractivity contribution in [3.05, 3.63) is 49.1 Å². The van der Waals surface area contributed by atoms with Gasteiger partial charge in [-0.15, -0.1) is 0 Å². The topological polar surface area (TPSA) is 81.4 Å². The van der Waals surface area contributed by atoms with E-state index < -0.39 is 13.3 Å². The Hall–Kier alpha value is -1.91. The largest absolute Gasteiger partial charge is 0.427 e. The molecule has 0 spiro atoms. The summed E-state index contributed by atoms with van der Waals surface area (Å²) < 4.78 is 17.7. The summed E-state index contributed by atoms with van der Waals surface area (Å²) in [7, 11) is -1.19. The summed E-state index contributed by atoms with van der Waals surface area (Å²) in [6, 6.07) is 8.62. The third-order valence-electron chi connectivity index (χ3n) is 2.34. The summed E-state index contributed by atoms with van der Waals surface area (Å²) in [6.07, 6.45) is 5.30. The van der Waals surface area contributed by atoms with Gasteiger partial charge in [0.25, 0.3) is 0 Å². The maximum absolute atomic E-state index is 11.2. The van der Waals surface area contributed by atoms with Crippen LogP contribution in [0, 0.1) is 0 Å². The second-order valence-electron chi connectivity index (χ2n) is 4.54. The minimum atomic E-state index is -3.13. The Labute approximate surface area is 123 Å². The van der Waals surface area contributed by atoms with Crippen molar-refractivity contribution in [3.63, 3.8) is 0 Å². The molecular weight excluding hydrogens is 291 g/mol. The molecule has 0 bridgehead atoms. The lowest BCUT2D eigenvalue weighted by Crippen LogP contribution is -2.09. The van der Waals surface area contributed by atoms with Gasteiger partial charge in [0.1, 0.15) is 5.75 Å². The number of esters is 1. The summed E-state index contributed by atoms with van der Waals surface area (Å²) in [5.74, 6) is -0.0382. The SMILES string of the molecule is CP(=O)(O)CCC(=O)Oc1ccccc1.Cn1ccnc1. The number of aryl methyl sites for hydroxylation is 1. The Morgan fingerprint density at radius 1 is 1.38 bits per heavy atom. The number of ether oxygens (including phenoxy) is 1. The van der Waals surface area contributed by atoms with E-state index in [0.717, 1.165) is 0 Å². The van der Waals surface area contributed by atoms with Gasteiger partial charge >= 0.3 is 5.97 Å². The minimum Gasteiger partial charge on any atom is -0.427 e. The molecule has 1 N–H and O–H groups in total. The first-order valence-corrected chi connectivity index (χ1v) is 8.63. The minimum absolute atomic E-state index is 0.0425. The van der Waals surface area contributed by atoms with E-state index in [-0.39, 0.29) is 12.6 Å². The Morgan fingerprint density at radius 3 is 2.48 bits per heavy atom. The van der Waals surface area contributed by atoms with Gasteiger partial charge in [0.2, 0.25) is 0 Å². The lowest BCUT2D eigenvalue weighted by atomic mass is 10.3. The highest BCUT2D eigenvalue weighted by atomic mass is 31.2. The van der Waals surface area contributed by atoms with Crippen molar-refractivity contribution in [2.75, 3.05) is 12.8 Å². The fraction of sp³-hybridized carbons (Fsp3) is 0.286. The molecule has 21 heavy (non-hydrogen) atoms. The monoisotopic (exact) mass is 310 g/mol. The van der Waals surface area contributed by atoms with E-state index in [9.17, 15) is 9.36 Å². The molecule has 1 aromatic heterocycles. The number of nitrogens with zero attached hydrogens (tertiary/aromatic N) is 2. The first kappa shape index (κ1) is 17.1. The van der Waals surface area contributed by atoms with Gasteiger partial charge in [0.05, 0.1) is 12.7 Å². The van der Waals surface area contributed by atoms with Crippen LogP contribution in [0.15, 0.2) is 49.1 Å². The van der Waals surface area contributed by atoms with E-state index >= 15 is 0 Å². The molecule has 0 saturated carbocycles. The van der Waals surface area contributed by atoms with Crippen LogP contribution in [-0.4, -0.2) is 33.2 Å². The normalized spacial score (nSPS) is 12.7. The molecule has 0 aliphatic heterocycles. The fourth-order valence-electron chi connectivity index (χ4n) is 1.30. The van der Waals surface area contributed by atoms with Gasteiger partial charge < -0.3 is 14.2 Å². The van der Waals surface area contributed by atoms with Crippen molar-refractivity contribution in [3.8, 4) is 5.75 Å². The number of carbonyl (C=O) groups excluding carboxylic acids is 1. The first-order chi connectivity index (χ1) is 9.87. The van der Waals surface area contributed by atoms with Crippen molar-refractivity contribution in [1.29, 1.82) is 0 Å². The molecule has 0 radical (unpaired) electrons. The summed E-state index contributed by atoms with van der Waals surface area (Å²) in [5, 5.41) is 0. The van der Waals surface area contributed by atoms with Gasteiger partial charge in [-0.3, -0.25) is 9.36 Å². The van der Waals surface area contributed by atoms with Crippen molar-refractivity contribution >= 4 is 13.3 Å². The number of aromatic nitrogens is 2. The number of carbonyl (C=O) groups is 1. The van der Waals surface area contributed by atoms with Crippen molar-refractivity contribution in [2.24, 2.45) is 7.05 Å². The number of imidazole rings is 1. The van der Waals surface area contributed by atoms with Crippen LogP contribution in [0.3, 0.4) is 0 Å². The standard InChI is InChI=1S/C10H13O4P.C4H6N2/c1-15(12,13)8-7-10(11)14-9-5-3-2-4-6-9;1-6-3-2-5-4-6/h2-6H,7-8H2,1H3,(H,12,13);2-4H,1H3. The number of hydrogen-bond donors (Lipinski definition) is 1. The highest BCUT2D eigenvalue weighted by molar-refractivity contribution is 7.57. The molecule has 1 unspecified atom stereocenters. The molecule has 114 valence electrons. The smallest absolute Gasteiger partial charge is 0.311 e. The van der Waals surface area contributed by atoms with Crippen LogP contribution < -0.4 is 4.74 Å². The highest BCUT2D eigenvalue weighted by Gasteiger charge is 2.13. The average Bonchev–Trinajstić information content (AvgIpc) is 2.89. The predicted octanol–water partition coefficient (Wildman–Crippen LogP) is 2.30. The molecular formula is C14H19N2O4P. The quantitative estimate of drug-likeness (QED) is 0.532. The molecule has 0 saturated heterocycles. The Balaban J connectivity index is 0.000000304. The van der Waals surface area contributed by atoms with E-state index in [0.29, 0.717) is 5.75 Å². The molecule has 1 aromatic carbocycles. The molecule has 1 heterocycles. The Morgan fingerprint density at radius 2 is 2.05 bits per heavy atom. The van der Waals surface area contributed by atoms with Crippen molar-refractivity contribution in [1.82, 2.24) is 9.55 Å². The number of benzene rings is 1. The van der Waals surface area contributed by atoms with Crippen LogP contribution in [0.4, 0.5) is 0 Å². The number of rotatable bonds is 4. The zero-order valence-corrected chi connectivity index (χ0v) is 12.9. The first-order valence-electron chi connectivity index (χ1n) is 6.34. The predicted molar refractivity (Wildman–Crippen MR) is 80.5 cm³/mol. The van der Waals surface area contributed by atoms with E-state index in [1.807, 2.05) is 23.9 Å². The van der Waals surface area contributed by atoms with E-state index in [1.54, 1.807) is 36.8 Å². The Kier molecular flexibility index (Phi) is 6.85. The van der Waals surface area contributed by atoms with Crippen LogP contribution in [0.1, 0.15) is 6.42 Å². The fourth-order valence-corrected chi connectivity index (χ4v) is 1.89. The van der Waals surface area contributed by atoms with Crippen LogP contribution in [-0.2, 0) is 16.4 Å². The van der Waals surface area contributed by atoms with Gasteiger partial charge in [0, 0.05) is 32.3 Å². The molecule has 2 rings (SSSR count). The van der Waals surface area contributed by atoms with Gasteiger partial charge in [-0.05, 0) is 12.1 Å². The lowest BCUT2D eigenvalue weighted by molar-refractivity contribution is -0.133. The third kappa shape index (κ3) is 8.78. The maximum Gasteiger partial charge on any atom is 0.311 e. The number of para-hydroxylation sites is 1. The molecule has 6 nitrogen and oxygen atoms in total. The molecule has 0 aliphatic rings. The summed E-state index contributed by atoms with van der Waals surface area (Å²) in [6.45, 7) is 1.22. The van der Waals surface area contributed by atoms with Crippen LogP contribution in [0.25, 0.3) is 0 Å². The zero-order chi connectivity index (χ0) is 15.7. The lowest BCUT2D eigenvalue weighted by Gasteiger charge is -2.05. The molecule has 1 atom stereocenters. The average molecular weight is 310 g/mol. The Bertz CT molecular complexity index is 578. The second-order valence-corrected chi connectivity index (χ2v) is 7.09. The summed E-state index contributed by atoms with van der Waals surface area (Å²) in [5.41, 5.74) is 0. The van der Waals surface area contributed by atoms with Gasteiger partial charge in [-0.25, -0.2) is 4.98 Å². The number of hydrogen-bond acceptors (Lipinski definition) is 4. The molecule has 7 heteroatoms. The van der Waals surface area contributed by atoms with Crippen LogP contribution in [0.2, 0.25) is 0 Å². The summed E-state index contributed by atoms with van der Waals surface area (Å²) >= 11 is 0. The van der Waals surface area contributed by atoms with E-state index in [1.165, 1.54) is 6.66 Å². The second kappa shape index (κ2) is 8.39. The molecule has 0 fully saturated rings. The van der Waals surface area contributed by atoms with Gasteiger partial charge in [0.15, 0.2) is 7.37 Å². The zero-order valence-electron chi connectivity index (χ0n) is 12.0. The molecule has 0 aliphatic carbocycles. The highest BCUT2D eigenvalue weighted by Crippen LogP contribution is 2.35. The van der Waals surface area contributed by atoms with Crippen LogP contribution in [0.5, 0.6) is 5.75 Å².